The van der Waals surface area contributed by atoms with Crippen LogP contribution in [0, 0.1) is 0 Å². The van der Waals surface area contributed by atoms with Crippen molar-refractivity contribution in [2.24, 2.45) is 7.05 Å². The highest BCUT2D eigenvalue weighted by atomic mass is 19.4. The molecule has 18 heteroatoms. The summed E-state index contributed by atoms with van der Waals surface area (Å²) in [6.07, 6.45) is -10.6. The van der Waals surface area contributed by atoms with Crippen molar-refractivity contribution in [3.63, 3.8) is 0 Å². The summed E-state index contributed by atoms with van der Waals surface area (Å²) in [5, 5.41) is -1.92. The highest BCUT2D eigenvalue weighted by molar-refractivity contribution is 5.99. The zero-order chi connectivity index (χ0) is 42.2. The van der Waals surface area contributed by atoms with E-state index in [2.05, 4.69) is 0 Å². The largest absolute Gasteiger partial charge is 0.417 e. The second kappa shape index (κ2) is 12.3. The maximum Gasteiger partial charge on any atom is 0.417 e. The van der Waals surface area contributed by atoms with E-state index in [1.807, 2.05) is 0 Å². The minimum absolute atomic E-state index is 0.129. The van der Waals surface area contributed by atoms with E-state index >= 15 is 0 Å². The molecule has 0 fully saturated rings. The summed E-state index contributed by atoms with van der Waals surface area (Å²) in [6.45, 7) is 4.40. The summed E-state index contributed by atoms with van der Waals surface area (Å²) in [6, 6.07) is 6.24. The first-order valence-corrected chi connectivity index (χ1v) is 17.3. The van der Waals surface area contributed by atoms with E-state index in [9.17, 15) is 64.7 Å². The monoisotopic (exact) mass is 802 g/mol. The van der Waals surface area contributed by atoms with Crippen LogP contribution in [-0.2, 0) is 19.4 Å². The number of aromatic nitrogens is 4. The van der Waals surface area contributed by atoms with Crippen molar-refractivity contribution in [3.05, 3.63) is 160 Å². The van der Waals surface area contributed by atoms with Crippen molar-refractivity contribution < 1.29 is 26.3 Å². The van der Waals surface area contributed by atoms with Crippen LogP contribution in [0.15, 0.2) is 99.0 Å². The molecule has 0 aliphatic carbocycles. The van der Waals surface area contributed by atoms with E-state index in [4.69, 9.17) is 0 Å². The fourth-order valence-electron chi connectivity index (χ4n) is 7.74. The Morgan fingerprint density at radius 2 is 0.810 bits per heavy atom. The van der Waals surface area contributed by atoms with Gasteiger partial charge in [0.15, 0.2) is 0 Å². The molecule has 8 aromatic rings. The lowest BCUT2D eigenvalue weighted by molar-refractivity contribution is -0.139. The van der Waals surface area contributed by atoms with E-state index in [1.165, 1.54) is 14.0 Å². The zero-order valence-corrected chi connectivity index (χ0v) is 30.3. The van der Waals surface area contributed by atoms with Gasteiger partial charge in [0.1, 0.15) is 0 Å². The highest BCUT2D eigenvalue weighted by Crippen LogP contribution is 2.44. The van der Waals surface area contributed by atoms with Crippen LogP contribution < -0.4 is 44.5 Å². The molecular formula is C40H24F6N4O8. The van der Waals surface area contributed by atoms with Gasteiger partial charge in [-0.1, -0.05) is 18.2 Å². The van der Waals surface area contributed by atoms with E-state index in [1.54, 1.807) is 13.8 Å². The summed E-state index contributed by atoms with van der Waals surface area (Å²) in [4.78, 5) is 105. The van der Waals surface area contributed by atoms with E-state index < -0.39 is 96.9 Å². The van der Waals surface area contributed by atoms with Gasteiger partial charge < -0.3 is 0 Å². The molecule has 1 atom stereocenters. The van der Waals surface area contributed by atoms with E-state index in [0.29, 0.717) is 27.3 Å². The van der Waals surface area contributed by atoms with Crippen molar-refractivity contribution in [1.29, 1.82) is 0 Å². The maximum absolute atomic E-state index is 14.8. The van der Waals surface area contributed by atoms with Gasteiger partial charge in [0.2, 0.25) is 0 Å². The predicted octanol–water partition coefficient (Wildman–Crippen LogP) is 4.56. The average molecular weight is 803 g/mol. The fraction of sp³-hybridized carbons (Fsp3) is 0.200. The Morgan fingerprint density at radius 3 is 1.22 bits per heavy atom. The van der Waals surface area contributed by atoms with Gasteiger partial charge in [-0.05, 0) is 79.9 Å². The second-order valence-corrected chi connectivity index (χ2v) is 14.3. The SMILES string of the molecule is CC(C)n1c(=O)c2cc3c(=O)n(C(C)c4ccc(-c5ccc(-n6c(=O)c7cc8c(=O)n(C)c(=O)c8cc7c6=O)cc5C(F)(F)F)c(C(F)(F)F)c4)c(=O)c3cc2c1=O. The number of halogens is 6. The molecule has 8 rings (SSSR count). The quantitative estimate of drug-likeness (QED) is 0.230. The van der Waals surface area contributed by atoms with Crippen LogP contribution in [0.1, 0.15) is 49.5 Å². The molecule has 1 unspecified atom stereocenters. The third-order valence-electron chi connectivity index (χ3n) is 10.6. The smallest absolute Gasteiger partial charge is 0.277 e. The summed E-state index contributed by atoms with van der Waals surface area (Å²) >= 11 is 0. The van der Waals surface area contributed by atoms with Crippen molar-refractivity contribution in [1.82, 2.24) is 18.3 Å². The molecule has 4 aromatic heterocycles. The zero-order valence-electron chi connectivity index (χ0n) is 30.3. The lowest BCUT2D eigenvalue weighted by atomic mass is 9.91. The first kappa shape index (κ1) is 37.9. The molecular weight excluding hydrogens is 778 g/mol. The van der Waals surface area contributed by atoms with Gasteiger partial charge >= 0.3 is 12.4 Å². The van der Waals surface area contributed by atoms with Crippen LogP contribution >= 0.6 is 0 Å². The van der Waals surface area contributed by atoms with Gasteiger partial charge in [0.05, 0.1) is 65.9 Å². The van der Waals surface area contributed by atoms with Gasteiger partial charge in [-0.25, -0.2) is 4.57 Å². The number of benzene rings is 4. The van der Waals surface area contributed by atoms with Crippen LogP contribution in [0.25, 0.3) is 59.9 Å². The molecule has 0 saturated heterocycles. The molecule has 294 valence electrons. The molecule has 0 saturated carbocycles. The summed E-state index contributed by atoms with van der Waals surface area (Å²) < 4.78 is 91.1. The van der Waals surface area contributed by atoms with Crippen molar-refractivity contribution in [2.75, 3.05) is 0 Å². The van der Waals surface area contributed by atoms with Gasteiger partial charge in [-0.3, -0.25) is 52.1 Å². The normalized spacial score (nSPS) is 13.3. The van der Waals surface area contributed by atoms with Gasteiger partial charge in [0, 0.05) is 13.1 Å². The van der Waals surface area contributed by atoms with Crippen LogP contribution in [0.4, 0.5) is 26.3 Å². The number of alkyl halides is 6. The third kappa shape index (κ3) is 5.23. The molecule has 4 aromatic carbocycles. The van der Waals surface area contributed by atoms with Crippen molar-refractivity contribution in [2.45, 2.75) is 45.2 Å². The summed E-state index contributed by atoms with van der Waals surface area (Å²) in [5.74, 6) is 0. The van der Waals surface area contributed by atoms with Gasteiger partial charge in [0.25, 0.3) is 44.5 Å². The van der Waals surface area contributed by atoms with Crippen LogP contribution in [0.3, 0.4) is 0 Å². The van der Waals surface area contributed by atoms with Crippen molar-refractivity contribution in [3.8, 4) is 16.8 Å². The molecule has 4 heterocycles. The molecule has 0 amide bonds. The summed E-state index contributed by atoms with van der Waals surface area (Å²) in [5.41, 5.74) is -13.3. The standard InChI is InChI=1S/C40H24F6N4O8/c1-15(2)48-33(53)23-13-25-26(14-24(23)34(48)54)36(56)49(35(25)55)16(3)17-5-7-19(29(9-17)39(41,42)43)20-8-6-18(10-30(20)40(44,45)46)50-37(57)27-11-21-22(12-28(27)38(50)58)32(52)47(4)31(21)51/h5-16H,1-4H3. The van der Waals surface area contributed by atoms with E-state index in [0.717, 1.165) is 51.6 Å². The topological polar surface area (TPSA) is 156 Å². The lowest BCUT2D eigenvalue weighted by Gasteiger charge is -2.21. The van der Waals surface area contributed by atoms with Crippen LogP contribution in [-0.4, -0.2) is 18.3 Å². The minimum atomic E-state index is -5.35. The Balaban J connectivity index is 1.27. The molecule has 58 heavy (non-hydrogen) atoms. The molecule has 0 spiro atoms. The Hall–Kier alpha value is -6.98. The highest BCUT2D eigenvalue weighted by Gasteiger charge is 2.39. The first-order chi connectivity index (χ1) is 27.0. The number of rotatable bonds is 5. The maximum atomic E-state index is 14.8. The molecule has 0 aliphatic rings. The Labute approximate surface area is 316 Å². The number of hydrogen-bond acceptors (Lipinski definition) is 8. The fourth-order valence-corrected chi connectivity index (χ4v) is 7.74. The molecule has 0 radical (unpaired) electrons. The molecule has 0 bridgehead atoms. The third-order valence-corrected chi connectivity index (χ3v) is 10.6. The lowest BCUT2D eigenvalue weighted by Crippen LogP contribution is -2.29. The molecule has 12 nitrogen and oxygen atoms in total. The Kier molecular flexibility index (Phi) is 8.01. The number of hydrogen-bond donors (Lipinski definition) is 0. The number of nitrogens with zero attached hydrogens (tertiary/aromatic N) is 4. The molecule has 0 N–H and O–H groups in total. The Bertz CT molecular complexity index is 3410. The van der Waals surface area contributed by atoms with E-state index in [-0.39, 0.29) is 48.7 Å². The minimum Gasteiger partial charge on any atom is -0.277 e. The Morgan fingerprint density at radius 1 is 0.448 bits per heavy atom. The van der Waals surface area contributed by atoms with Gasteiger partial charge in [-0.2, -0.15) is 26.3 Å². The average Bonchev–Trinajstić information content (AvgIpc) is 3.74. The first-order valence-electron chi connectivity index (χ1n) is 17.3. The van der Waals surface area contributed by atoms with Crippen molar-refractivity contribution >= 4 is 43.1 Å². The molecule has 0 aliphatic heterocycles. The van der Waals surface area contributed by atoms with Crippen LogP contribution in [0.2, 0.25) is 0 Å². The second-order valence-electron chi connectivity index (χ2n) is 14.3. The number of fused-ring (bicyclic) bond motifs is 4. The van der Waals surface area contributed by atoms with Gasteiger partial charge in [-0.15, -0.1) is 0 Å². The summed E-state index contributed by atoms with van der Waals surface area (Å²) in [7, 11) is 1.18. The van der Waals surface area contributed by atoms with Crippen LogP contribution in [0.5, 0.6) is 0 Å². The predicted molar refractivity (Wildman–Crippen MR) is 202 cm³/mol.